The Kier molecular flexibility index (Phi) is 4.46. The van der Waals surface area contributed by atoms with Crippen molar-refractivity contribution in [2.45, 2.75) is 12.5 Å². The van der Waals surface area contributed by atoms with Crippen molar-refractivity contribution in [2.24, 2.45) is 0 Å². The third-order valence-corrected chi connectivity index (χ3v) is 2.35. The zero-order chi connectivity index (χ0) is 13.8. The van der Waals surface area contributed by atoms with Crippen molar-refractivity contribution in [2.75, 3.05) is 25.6 Å². The van der Waals surface area contributed by atoms with E-state index in [1.54, 1.807) is 6.07 Å². The maximum Gasteiger partial charge on any atom is 0.275 e. The second kappa shape index (κ2) is 5.65. The molecular weight excluding hydrogens is 240 g/mol. The molecule has 0 aliphatic rings. The van der Waals surface area contributed by atoms with Crippen LogP contribution < -0.4 is 10.1 Å². The molecule has 1 atom stereocenters. The minimum absolute atomic E-state index is 0.0633. The van der Waals surface area contributed by atoms with E-state index in [1.807, 2.05) is 0 Å². The van der Waals surface area contributed by atoms with Crippen molar-refractivity contribution < 1.29 is 19.9 Å². The maximum atomic E-state index is 10.7. The number of nitrogens with zero attached hydrogens (tertiary/aromatic N) is 1. The largest absolute Gasteiger partial charge is 0.496 e. The van der Waals surface area contributed by atoms with E-state index < -0.39 is 17.1 Å². The van der Waals surface area contributed by atoms with E-state index >= 15 is 0 Å². The Hall–Kier alpha value is -1.86. The first kappa shape index (κ1) is 14.2. The normalized spacial score (nSPS) is 13.8. The van der Waals surface area contributed by atoms with Crippen LogP contribution in [0.4, 0.5) is 11.4 Å². The molecule has 0 radical (unpaired) electrons. The number of nitrogens with one attached hydrogen (secondary N) is 1. The number of ether oxygens (including phenoxy) is 1. The molecule has 0 heterocycles. The molecule has 0 aliphatic heterocycles. The predicted octanol–water partition coefficient (Wildman–Crippen LogP) is 0.759. The molecule has 1 rings (SSSR count). The fraction of sp³-hybridized carbons (Fsp3) is 0.455. The molecule has 0 saturated heterocycles. The molecule has 0 spiro atoms. The average Bonchev–Trinajstić information content (AvgIpc) is 2.36. The highest BCUT2D eigenvalue weighted by Crippen LogP contribution is 2.26. The number of rotatable bonds is 6. The molecule has 100 valence electrons. The van der Waals surface area contributed by atoms with Crippen LogP contribution in [-0.2, 0) is 0 Å². The van der Waals surface area contributed by atoms with E-state index in [-0.39, 0.29) is 12.2 Å². The Bertz CT molecular complexity index is 433. The number of nitro groups is 1. The number of hydrogen-bond donors (Lipinski definition) is 3. The van der Waals surface area contributed by atoms with Gasteiger partial charge in [0.05, 0.1) is 24.7 Å². The molecule has 0 bridgehead atoms. The molecular formula is C11H16N2O5. The van der Waals surface area contributed by atoms with Crippen LogP contribution in [0, 0.1) is 10.1 Å². The summed E-state index contributed by atoms with van der Waals surface area (Å²) in [5.41, 5.74) is -0.965. The highest BCUT2D eigenvalue weighted by molar-refractivity contribution is 5.56. The number of methoxy groups -OCH3 is 1. The monoisotopic (exact) mass is 256 g/mol. The molecule has 7 nitrogen and oxygen atoms in total. The summed E-state index contributed by atoms with van der Waals surface area (Å²) in [6, 6.07) is 4.20. The molecule has 0 aromatic heterocycles. The highest BCUT2D eigenvalue weighted by Gasteiger charge is 2.19. The van der Waals surface area contributed by atoms with Gasteiger partial charge < -0.3 is 20.3 Å². The number of non-ortho nitro benzene ring substituents is 1. The Morgan fingerprint density at radius 1 is 1.50 bits per heavy atom. The second-order valence-corrected chi connectivity index (χ2v) is 4.19. The second-order valence-electron chi connectivity index (χ2n) is 4.19. The number of nitro benzene ring substituents is 1. The van der Waals surface area contributed by atoms with E-state index in [0.717, 1.165) is 0 Å². The number of hydrogen-bond acceptors (Lipinski definition) is 6. The minimum atomic E-state index is -1.29. The molecule has 18 heavy (non-hydrogen) atoms. The Morgan fingerprint density at radius 3 is 2.67 bits per heavy atom. The summed E-state index contributed by atoms with van der Waals surface area (Å²) in [5, 5.41) is 32.0. The number of anilines is 1. The quantitative estimate of drug-likeness (QED) is 0.512. The van der Waals surface area contributed by atoms with Crippen LogP contribution >= 0.6 is 0 Å². The van der Waals surface area contributed by atoms with Gasteiger partial charge in [0, 0.05) is 24.4 Å². The molecule has 0 fully saturated rings. The van der Waals surface area contributed by atoms with E-state index in [0.29, 0.717) is 11.4 Å². The fourth-order valence-corrected chi connectivity index (χ4v) is 1.26. The molecule has 1 unspecified atom stereocenters. The number of aliphatic hydroxyl groups excluding tert-OH is 1. The molecule has 0 aliphatic carbocycles. The molecule has 1 aromatic rings. The van der Waals surface area contributed by atoms with Crippen LogP contribution in [0.1, 0.15) is 6.92 Å². The average molecular weight is 256 g/mol. The lowest BCUT2D eigenvalue weighted by molar-refractivity contribution is -0.384. The van der Waals surface area contributed by atoms with Crippen molar-refractivity contribution >= 4 is 11.4 Å². The summed E-state index contributed by atoms with van der Waals surface area (Å²) in [5.74, 6) is 0.343. The van der Waals surface area contributed by atoms with Gasteiger partial charge in [0.15, 0.2) is 0 Å². The third kappa shape index (κ3) is 3.86. The topological polar surface area (TPSA) is 105 Å². The Morgan fingerprint density at radius 2 is 2.17 bits per heavy atom. The third-order valence-electron chi connectivity index (χ3n) is 2.35. The first-order chi connectivity index (χ1) is 8.38. The Balaban J connectivity index is 2.88. The van der Waals surface area contributed by atoms with Crippen LogP contribution in [0.3, 0.4) is 0 Å². The van der Waals surface area contributed by atoms with Gasteiger partial charge in [0.1, 0.15) is 11.4 Å². The number of aliphatic hydroxyl groups is 2. The van der Waals surface area contributed by atoms with Crippen molar-refractivity contribution in [3.63, 3.8) is 0 Å². The van der Waals surface area contributed by atoms with Crippen LogP contribution in [0.2, 0.25) is 0 Å². The van der Waals surface area contributed by atoms with Crippen molar-refractivity contribution in [1.82, 2.24) is 0 Å². The molecule has 1 aromatic carbocycles. The summed E-state index contributed by atoms with van der Waals surface area (Å²) < 4.78 is 4.95. The lowest BCUT2D eigenvalue weighted by Gasteiger charge is -2.21. The van der Waals surface area contributed by atoms with Gasteiger partial charge in [-0.2, -0.15) is 0 Å². The SMILES string of the molecule is COc1cc(NCC(C)(O)CO)cc([N+](=O)[O-])c1. The summed E-state index contributed by atoms with van der Waals surface area (Å²) >= 11 is 0. The Labute approximate surface area is 104 Å². The zero-order valence-corrected chi connectivity index (χ0v) is 10.2. The first-order valence-electron chi connectivity index (χ1n) is 5.28. The molecule has 3 N–H and O–H groups in total. The highest BCUT2D eigenvalue weighted by atomic mass is 16.6. The maximum absolute atomic E-state index is 10.7. The first-order valence-corrected chi connectivity index (χ1v) is 5.28. The van der Waals surface area contributed by atoms with Gasteiger partial charge in [0.25, 0.3) is 5.69 Å². The van der Waals surface area contributed by atoms with E-state index in [1.165, 1.54) is 26.2 Å². The summed E-state index contributed by atoms with van der Waals surface area (Å²) in [7, 11) is 1.41. The summed E-state index contributed by atoms with van der Waals surface area (Å²) in [6.45, 7) is 1.11. The fourth-order valence-electron chi connectivity index (χ4n) is 1.26. The summed E-state index contributed by atoms with van der Waals surface area (Å²) in [6.07, 6.45) is 0. The van der Waals surface area contributed by atoms with Crippen LogP contribution in [-0.4, -0.2) is 41.0 Å². The smallest absolute Gasteiger partial charge is 0.275 e. The lowest BCUT2D eigenvalue weighted by Crippen LogP contribution is -2.37. The summed E-state index contributed by atoms with van der Waals surface area (Å²) in [4.78, 5) is 10.2. The van der Waals surface area contributed by atoms with Gasteiger partial charge in [-0.15, -0.1) is 0 Å². The zero-order valence-electron chi connectivity index (χ0n) is 10.2. The lowest BCUT2D eigenvalue weighted by atomic mass is 10.1. The van der Waals surface area contributed by atoms with E-state index in [9.17, 15) is 15.2 Å². The molecule has 0 amide bonds. The molecule has 7 heteroatoms. The van der Waals surface area contributed by atoms with Crippen molar-refractivity contribution in [3.05, 3.63) is 28.3 Å². The van der Waals surface area contributed by atoms with Gasteiger partial charge in [0.2, 0.25) is 0 Å². The van der Waals surface area contributed by atoms with E-state index in [4.69, 9.17) is 9.84 Å². The van der Waals surface area contributed by atoms with Gasteiger partial charge >= 0.3 is 0 Å². The van der Waals surface area contributed by atoms with Gasteiger partial charge in [-0.05, 0) is 6.92 Å². The van der Waals surface area contributed by atoms with E-state index in [2.05, 4.69) is 5.32 Å². The van der Waals surface area contributed by atoms with Crippen molar-refractivity contribution in [1.29, 1.82) is 0 Å². The number of benzene rings is 1. The van der Waals surface area contributed by atoms with Gasteiger partial charge in [-0.3, -0.25) is 10.1 Å². The van der Waals surface area contributed by atoms with Gasteiger partial charge in [-0.25, -0.2) is 0 Å². The predicted molar refractivity (Wildman–Crippen MR) is 65.8 cm³/mol. The standard InChI is InChI=1S/C11H16N2O5/c1-11(15,7-14)6-12-8-3-9(13(16)17)5-10(4-8)18-2/h3-5,12,14-15H,6-7H2,1-2H3. The van der Waals surface area contributed by atoms with Crippen LogP contribution in [0.25, 0.3) is 0 Å². The van der Waals surface area contributed by atoms with Gasteiger partial charge in [-0.1, -0.05) is 0 Å². The van der Waals surface area contributed by atoms with Crippen molar-refractivity contribution in [3.8, 4) is 5.75 Å². The van der Waals surface area contributed by atoms with Crippen LogP contribution in [0.5, 0.6) is 5.75 Å². The minimum Gasteiger partial charge on any atom is -0.496 e. The molecule has 0 saturated carbocycles. The van der Waals surface area contributed by atoms with Crippen LogP contribution in [0.15, 0.2) is 18.2 Å².